The van der Waals surface area contributed by atoms with Crippen molar-refractivity contribution in [3.05, 3.63) is 71.8 Å². The Morgan fingerprint density at radius 3 is 2.33 bits per heavy atom. The summed E-state index contributed by atoms with van der Waals surface area (Å²) in [5.41, 5.74) is 3.56. The van der Waals surface area contributed by atoms with Crippen molar-refractivity contribution in [2.24, 2.45) is 0 Å². The molecule has 0 aliphatic carbocycles. The summed E-state index contributed by atoms with van der Waals surface area (Å²) in [7, 11) is 4.04. The minimum atomic E-state index is 0.409. The first-order valence-corrected chi connectivity index (χ1v) is 8.61. The van der Waals surface area contributed by atoms with Gasteiger partial charge in [0, 0.05) is 25.3 Å². The fraction of sp³-hybridized carbons (Fsp3) is 0.273. The third-order valence-corrected chi connectivity index (χ3v) is 4.56. The SMILES string of the molecule is CN(C)c1cccc(O)c1CCCCc1ccc2ccccc2c1. The predicted molar refractivity (Wildman–Crippen MR) is 103 cm³/mol. The van der Waals surface area contributed by atoms with E-state index in [2.05, 4.69) is 53.4 Å². The smallest absolute Gasteiger partial charge is 0.120 e. The van der Waals surface area contributed by atoms with Crippen LogP contribution < -0.4 is 4.90 Å². The van der Waals surface area contributed by atoms with Gasteiger partial charge in [-0.05, 0) is 54.2 Å². The summed E-state index contributed by atoms with van der Waals surface area (Å²) < 4.78 is 0. The van der Waals surface area contributed by atoms with E-state index >= 15 is 0 Å². The van der Waals surface area contributed by atoms with Crippen LogP contribution in [0.2, 0.25) is 0 Å². The molecule has 0 fully saturated rings. The number of aromatic hydroxyl groups is 1. The van der Waals surface area contributed by atoms with Crippen LogP contribution in [0.5, 0.6) is 5.75 Å². The van der Waals surface area contributed by atoms with Crippen LogP contribution >= 0.6 is 0 Å². The van der Waals surface area contributed by atoms with Gasteiger partial charge < -0.3 is 10.0 Å². The molecule has 24 heavy (non-hydrogen) atoms. The van der Waals surface area contributed by atoms with Crippen molar-refractivity contribution in [2.45, 2.75) is 25.7 Å². The zero-order valence-electron chi connectivity index (χ0n) is 14.5. The van der Waals surface area contributed by atoms with Crippen LogP contribution in [0.25, 0.3) is 10.8 Å². The zero-order chi connectivity index (χ0) is 16.9. The average molecular weight is 319 g/mol. The van der Waals surface area contributed by atoms with Gasteiger partial charge in [-0.2, -0.15) is 0 Å². The van der Waals surface area contributed by atoms with E-state index in [0.717, 1.165) is 36.9 Å². The molecule has 0 aromatic heterocycles. The highest BCUT2D eigenvalue weighted by atomic mass is 16.3. The van der Waals surface area contributed by atoms with Gasteiger partial charge in [0.1, 0.15) is 5.75 Å². The minimum absolute atomic E-state index is 0.409. The molecule has 1 N–H and O–H groups in total. The second-order valence-corrected chi connectivity index (χ2v) is 6.56. The molecule has 0 spiro atoms. The summed E-state index contributed by atoms with van der Waals surface area (Å²) in [6.45, 7) is 0. The Morgan fingerprint density at radius 1 is 0.792 bits per heavy atom. The second kappa shape index (κ2) is 7.39. The number of phenolic OH excluding ortho intramolecular Hbond substituents is 1. The van der Waals surface area contributed by atoms with Crippen LogP contribution in [-0.2, 0) is 12.8 Å². The maximum atomic E-state index is 10.1. The molecule has 3 aromatic carbocycles. The number of fused-ring (bicyclic) bond motifs is 1. The molecule has 0 saturated carbocycles. The lowest BCUT2D eigenvalue weighted by atomic mass is 10.00. The van der Waals surface area contributed by atoms with Crippen molar-refractivity contribution >= 4 is 16.5 Å². The average Bonchev–Trinajstić information content (AvgIpc) is 2.59. The minimum Gasteiger partial charge on any atom is -0.508 e. The predicted octanol–water partition coefficient (Wildman–Crippen LogP) is 5.18. The fourth-order valence-corrected chi connectivity index (χ4v) is 3.26. The maximum absolute atomic E-state index is 10.1. The molecule has 2 nitrogen and oxygen atoms in total. The third kappa shape index (κ3) is 3.70. The number of aryl methyl sites for hydroxylation is 1. The number of anilines is 1. The third-order valence-electron chi connectivity index (χ3n) is 4.56. The van der Waals surface area contributed by atoms with E-state index in [0.29, 0.717) is 5.75 Å². The van der Waals surface area contributed by atoms with Gasteiger partial charge in [0.2, 0.25) is 0 Å². The van der Waals surface area contributed by atoms with E-state index in [4.69, 9.17) is 0 Å². The highest BCUT2D eigenvalue weighted by Crippen LogP contribution is 2.29. The van der Waals surface area contributed by atoms with Gasteiger partial charge in [-0.25, -0.2) is 0 Å². The van der Waals surface area contributed by atoms with E-state index in [1.807, 2.05) is 20.2 Å². The van der Waals surface area contributed by atoms with E-state index < -0.39 is 0 Å². The van der Waals surface area contributed by atoms with Gasteiger partial charge in [-0.15, -0.1) is 0 Å². The lowest BCUT2D eigenvalue weighted by Crippen LogP contribution is -2.11. The number of hydrogen-bond donors (Lipinski definition) is 1. The van der Waals surface area contributed by atoms with Crippen LogP contribution in [0.3, 0.4) is 0 Å². The number of hydrogen-bond acceptors (Lipinski definition) is 2. The monoisotopic (exact) mass is 319 g/mol. The molecule has 3 rings (SSSR count). The summed E-state index contributed by atoms with van der Waals surface area (Å²) in [5, 5.41) is 12.8. The van der Waals surface area contributed by atoms with Gasteiger partial charge >= 0.3 is 0 Å². The molecule has 3 aromatic rings. The maximum Gasteiger partial charge on any atom is 0.120 e. The van der Waals surface area contributed by atoms with Crippen molar-refractivity contribution in [2.75, 3.05) is 19.0 Å². The summed E-state index contributed by atoms with van der Waals surface area (Å²) in [6.07, 6.45) is 4.19. The second-order valence-electron chi connectivity index (χ2n) is 6.56. The van der Waals surface area contributed by atoms with Crippen molar-refractivity contribution in [1.29, 1.82) is 0 Å². The van der Waals surface area contributed by atoms with Gasteiger partial charge in [0.25, 0.3) is 0 Å². The Kier molecular flexibility index (Phi) is 5.05. The Morgan fingerprint density at radius 2 is 1.54 bits per heavy atom. The molecule has 0 amide bonds. The van der Waals surface area contributed by atoms with Gasteiger partial charge in [-0.3, -0.25) is 0 Å². The van der Waals surface area contributed by atoms with Crippen LogP contribution in [0.4, 0.5) is 5.69 Å². The Balaban J connectivity index is 1.61. The molecule has 0 aliphatic rings. The number of nitrogens with zero attached hydrogens (tertiary/aromatic N) is 1. The van der Waals surface area contributed by atoms with Crippen LogP contribution in [0.1, 0.15) is 24.0 Å². The number of benzene rings is 3. The van der Waals surface area contributed by atoms with E-state index in [9.17, 15) is 5.11 Å². The normalized spacial score (nSPS) is 10.9. The summed E-state index contributed by atoms with van der Waals surface area (Å²) in [6, 6.07) is 21.0. The van der Waals surface area contributed by atoms with E-state index in [1.54, 1.807) is 6.07 Å². The van der Waals surface area contributed by atoms with Crippen molar-refractivity contribution in [1.82, 2.24) is 0 Å². The molecule has 124 valence electrons. The molecule has 0 heterocycles. The molecule has 2 heteroatoms. The lowest BCUT2D eigenvalue weighted by molar-refractivity contribution is 0.466. The topological polar surface area (TPSA) is 23.5 Å². The van der Waals surface area contributed by atoms with Crippen molar-refractivity contribution in [3.8, 4) is 5.75 Å². The number of phenols is 1. The number of rotatable bonds is 6. The quantitative estimate of drug-likeness (QED) is 0.633. The highest BCUT2D eigenvalue weighted by molar-refractivity contribution is 5.82. The molecular formula is C22H25NO. The zero-order valence-corrected chi connectivity index (χ0v) is 14.5. The molecular weight excluding hydrogens is 294 g/mol. The van der Waals surface area contributed by atoms with Crippen molar-refractivity contribution in [3.63, 3.8) is 0 Å². The van der Waals surface area contributed by atoms with Gasteiger partial charge in [-0.1, -0.05) is 48.5 Å². The van der Waals surface area contributed by atoms with Crippen LogP contribution in [-0.4, -0.2) is 19.2 Å². The highest BCUT2D eigenvalue weighted by Gasteiger charge is 2.09. The van der Waals surface area contributed by atoms with Gasteiger partial charge in [0.05, 0.1) is 0 Å². The molecule has 0 unspecified atom stereocenters. The van der Waals surface area contributed by atoms with Crippen molar-refractivity contribution < 1.29 is 5.11 Å². The van der Waals surface area contributed by atoms with Crippen LogP contribution in [0, 0.1) is 0 Å². The largest absolute Gasteiger partial charge is 0.508 e. The molecule has 0 atom stereocenters. The molecule has 0 aliphatic heterocycles. The first kappa shape index (κ1) is 16.4. The Labute approximate surface area is 144 Å². The van der Waals surface area contributed by atoms with E-state index in [1.165, 1.54) is 16.3 Å². The molecule has 0 radical (unpaired) electrons. The first-order valence-electron chi connectivity index (χ1n) is 8.61. The summed E-state index contributed by atoms with van der Waals surface area (Å²) in [4.78, 5) is 2.07. The number of unbranched alkanes of at least 4 members (excludes halogenated alkanes) is 1. The van der Waals surface area contributed by atoms with Gasteiger partial charge in [0.15, 0.2) is 0 Å². The fourth-order valence-electron chi connectivity index (χ4n) is 3.26. The molecule has 0 bridgehead atoms. The standard InChI is InChI=1S/C22H25NO/c1-23(2)21-12-7-13-22(24)20(21)11-6-3-8-17-14-15-18-9-4-5-10-19(18)16-17/h4-5,7,9-10,12-16,24H,3,6,8,11H2,1-2H3. The Hall–Kier alpha value is -2.48. The summed E-state index contributed by atoms with van der Waals surface area (Å²) in [5.74, 6) is 0.409. The van der Waals surface area contributed by atoms with E-state index in [-0.39, 0.29) is 0 Å². The first-order chi connectivity index (χ1) is 11.6. The Bertz CT molecular complexity index is 823. The van der Waals surface area contributed by atoms with Crippen LogP contribution in [0.15, 0.2) is 60.7 Å². The summed E-state index contributed by atoms with van der Waals surface area (Å²) >= 11 is 0. The lowest BCUT2D eigenvalue weighted by Gasteiger charge is -2.18. The molecule has 0 saturated heterocycles.